The molecule has 5 rings (SSSR count). The van der Waals surface area contributed by atoms with E-state index < -0.39 is 0 Å². The average Bonchev–Trinajstić information content (AvgIpc) is 3.50. The van der Waals surface area contributed by atoms with Crippen molar-refractivity contribution in [3.05, 3.63) is 47.5 Å². The van der Waals surface area contributed by atoms with Crippen LogP contribution in [0.25, 0.3) is 0 Å². The first-order valence-electron chi connectivity index (χ1n) is 8.26. The van der Waals surface area contributed by atoms with Crippen LogP contribution < -0.4 is 14.2 Å². The second-order valence-corrected chi connectivity index (χ2v) is 6.35. The van der Waals surface area contributed by atoms with Crippen LogP contribution in [0.1, 0.15) is 11.1 Å². The molecule has 24 heavy (non-hydrogen) atoms. The third kappa shape index (κ3) is 3.05. The van der Waals surface area contributed by atoms with Crippen molar-refractivity contribution in [2.45, 2.75) is 18.6 Å². The molecule has 2 aromatic rings. The van der Waals surface area contributed by atoms with E-state index in [4.69, 9.17) is 23.7 Å². The molecule has 0 aromatic heterocycles. The number of fused-ring (bicyclic) bond motifs is 2. The van der Waals surface area contributed by atoms with E-state index in [1.165, 1.54) is 0 Å². The van der Waals surface area contributed by atoms with Crippen LogP contribution in [0.2, 0.25) is 0 Å². The lowest BCUT2D eigenvalue weighted by atomic mass is 10.00. The molecule has 124 valence electrons. The molecule has 3 aliphatic heterocycles. The Morgan fingerprint density at radius 2 is 1.29 bits per heavy atom. The minimum Gasteiger partial charge on any atom is -0.491 e. The molecule has 0 bridgehead atoms. The SMILES string of the molecule is c1cc2c(cc1OCC1CO1)Cc1cc(OCC3CO3)ccc1O2. The number of benzene rings is 2. The van der Waals surface area contributed by atoms with Gasteiger partial charge in [-0.25, -0.2) is 0 Å². The maximum absolute atomic E-state index is 6.00. The van der Waals surface area contributed by atoms with E-state index in [1.54, 1.807) is 0 Å². The lowest BCUT2D eigenvalue weighted by molar-refractivity contribution is 0.262. The Morgan fingerprint density at radius 1 is 0.792 bits per heavy atom. The first-order chi connectivity index (χ1) is 11.8. The molecule has 2 atom stereocenters. The van der Waals surface area contributed by atoms with Gasteiger partial charge in [0.15, 0.2) is 0 Å². The van der Waals surface area contributed by atoms with Crippen molar-refractivity contribution in [3.63, 3.8) is 0 Å². The van der Waals surface area contributed by atoms with E-state index in [0.29, 0.717) is 13.2 Å². The van der Waals surface area contributed by atoms with Crippen molar-refractivity contribution in [3.8, 4) is 23.0 Å². The van der Waals surface area contributed by atoms with Crippen molar-refractivity contribution < 1.29 is 23.7 Å². The van der Waals surface area contributed by atoms with Gasteiger partial charge < -0.3 is 23.7 Å². The van der Waals surface area contributed by atoms with Gasteiger partial charge in [-0.05, 0) is 36.4 Å². The molecule has 3 heterocycles. The maximum atomic E-state index is 6.00. The molecule has 2 aromatic carbocycles. The number of hydrogen-bond acceptors (Lipinski definition) is 5. The fraction of sp³-hybridized carbons (Fsp3) is 0.368. The lowest BCUT2D eigenvalue weighted by Crippen LogP contribution is -2.08. The Bertz CT molecular complexity index is 701. The van der Waals surface area contributed by atoms with Crippen LogP contribution >= 0.6 is 0 Å². The van der Waals surface area contributed by atoms with Crippen molar-refractivity contribution in [2.75, 3.05) is 26.4 Å². The minimum atomic E-state index is 0.258. The zero-order valence-electron chi connectivity index (χ0n) is 13.2. The van der Waals surface area contributed by atoms with Gasteiger partial charge in [0.2, 0.25) is 0 Å². The van der Waals surface area contributed by atoms with Gasteiger partial charge in [-0.15, -0.1) is 0 Å². The van der Waals surface area contributed by atoms with E-state index in [0.717, 1.165) is 53.8 Å². The Kier molecular flexibility index (Phi) is 3.35. The molecule has 0 aliphatic carbocycles. The summed E-state index contributed by atoms with van der Waals surface area (Å²) < 4.78 is 27.9. The Balaban J connectivity index is 1.32. The van der Waals surface area contributed by atoms with Gasteiger partial charge in [0.1, 0.15) is 48.4 Å². The highest BCUT2D eigenvalue weighted by Gasteiger charge is 2.25. The molecular formula is C19H18O5. The van der Waals surface area contributed by atoms with Crippen molar-refractivity contribution in [1.82, 2.24) is 0 Å². The average molecular weight is 326 g/mol. The first-order valence-corrected chi connectivity index (χ1v) is 8.26. The van der Waals surface area contributed by atoms with Crippen molar-refractivity contribution >= 4 is 0 Å². The van der Waals surface area contributed by atoms with Crippen LogP contribution in [0, 0.1) is 0 Å². The predicted molar refractivity (Wildman–Crippen MR) is 86.2 cm³/mol. The fourth-order valence-electron chi connectivity index (χ4n) is 2.80. The fourth-order valence-corrected chi connectivity index (χ4v) is 2.80. The monoisotopic (exact) mass is 326 g/mol. The third-order valence-electron chi connectivity index (χ3n) is 4.34. The van der Waals surface area contributed by atoms with Gasteiger partial charge in [-0.1, -0.05) is 0 Å². The van der Waals surface area contributed by atoms with Gasteiger partial charge in [-0.3, -0.25) is 0 Å². The molecule has 0 spiro atoms. The second kappa shape index (κ2) is 5.69. The quantitative estimate of drug-likeness (QED) is 0.652. The molecule has 0 radical (unpaired) electrons. The van der Waals surface area contributed by atoms with Gasteiger partial charge in [0, 0.05) is 17.5 Å². The molecule has 5 heteroatoms. The summed E-state index contributed by atoms with van der Waals surface area (Å²) in [5, 5.41) is 0. The van der Waals surface area contributed by atoms with Gasteiger partial charge in [-0.2, -0.15) is 0 Å². The highest BCUT2D eigenvalue weighted by Crippen LogP contribution is 2.39. The molecule has 5 nitrogen and oxygen atoms in total. The molecule has 0 saturated carbocycles. The predicted octanol–water partition coefficient (Wildman–Crippen LogP) is 2.94. The van der Waals surface area contributed by atoms with E-state index in [-0.39, 0.29) is 12.2 Å². The van der Waals surface area contributed by atoms with E-state index in [9.17, 15) is 0 Å². The Labute approximate surface area is 140 Å². The van der Waals surface area contributed by atoms with E-state index in [1.807, 2.05) is 36.4 Å². The Hall–Kier alpha value is -2.24. The third-order valence-corrected chi connectivity index (χ3v) is 4.34. The molecule has 2 unspecified atom stereocenters. The summed E-state index contributed by atoms with van der Waals surface area (Å²) in [6.07, 6.45) is 1.32. The normalized spacial score (nSPS) is 22.8. The van der Waals surface area contributed by atoms with Crippen molar-refractivity contribution in [1.29, 1.82) is 0 Å². The number of rotatable bonds is 6. The summed E-state index contributed by atoms with van der Waals surface area (Å²) >= 11 is 0. The molecule has 2 fully saturated rings. The van der Waals surface area contributed by atoms with E-state index in [2.05, 4.69) is 0 Å². The van der Waals surface area contributed by atoms with Gasteiger partial charge in [0.05, 0.1) is 13.2 Å². The van der Waals surface area contributed by atoms with Gasteiger partial charge >= 0.3 is 0 Å². The number of epoxide rings is 2. The summed E-state index contributed by atoms with van der Waals surface area (Å²) in [7, 11) is 0. The van der Waals surface area contributed by atoms with Crippen LogP contribution in [-0.4, -0.2) is 38.6 Å². The van der Waals surface area contributed by atoms with Crippen LogP contribution in [0.3, 0.4) is 0 Å². The zero-order chi connectivity index (χ0) is 15.9. The summed E-state index contributed by atoms with van der Waals surface area (Å²) in [6.45, 7) is 2.82. The molecule has 0 amide bonds. The molecule has 3 aliphatic rings. The lowest BCUT2D eigenvalue weighted by Gasteiger charge is -2.21. The number of ether oxygens (including phenoxy) is 5. The molecule has 0 N–H and O–H groups in total. The smallest absolute Gasteiger partial charge is 0.131 e. The number of hydrogen-bond donors (Lipinski definition) is 0. The molecular weight excluding hydrogens is 308 g/mol. The largest absolute Gasteiger partial charge is 0.491 e. The van der Waals surface area contributed by atoms with Crippen LogP contribution in [0.4, 0.5) is 0 Å². The highest BCUT2D eigenvalue weighted by atomic mass is 16.6. The van der Waals surface area contributed by atoms with Crippen molar-refractivity contribution in [2.24, 2.45) is 0 Å². The van der Waals surface area contributed by atoms with Gasteiger partial charge in [0.25, 0.3) is 0 Å². The summed E-state index contributed by atoms with van der Waals surface area (Å²) in [5.41, 5.74) is 2.25. The summed E-state index contributed by atoms with van der Waals surface area (Å²) in [5.74, 6) is 3.49. The van der Waals surface area contributed by atoms with E-state index >= 15 is 0 Å². The first kappa shape index (κ1) is 14.1. The summed E-state index contributed by atoms with van der Waals surface area (Å²) in [4.78, 5) is 0. The second-order valence-electron chi connectivity index (χ2n) is 6.35. The summed E-state index contributed by atoms with van der Waals surface area (Å²) in [6, 6.07) is 11.9. The van der Waals surface area contributed by atoms with Crippen LogP contribution in [0.5, 0.6) is 23.0 Å². The zero-order valence-corrected chi connectivity index (χ0v) is 13.2. The van der Waals surface area contributed by atoms with Crippen LogP contribution in [0.15, 0.2) is 36.4 Å². The standard InChI is InChI=1S/C19H18O5/c1-3-18-12(6-14(1)20-8-16-10-22-16)5-13-7-15(2-4-19(13)24-18)21-9-17-11-23-17/h1-4,6-7,16-17H,5,8-11H2. The van der Waals surface area contributed by atoms with Crippen LogP contribution in [-0.2, 0) is 15.9 Å². The minimum absolute atomic E-state index is 0.258. The Morgan fingerprint density at radius 3 is 1.75 bits per heavy atom. The molecule has 2 saturated heterocycles. The maximum Gasteiger partial charge on any atom is 0.131 e. The highest BCUT2D eigenvalue weighted by molar-refractivity contribution is 5.53. The topological polar surface area (TPSA) is 52.8 Å².